The third-order valence-electron chi connectivity index (χ3n) is 3.18. The van der Waals surface area contributed by atoms with Crippen molar-refractivity contribution in [2.45, 2.75) is 19.3 Å². The fourth-order valence-corrected chi connectivity index (χ4v) is 2.26. The number of nitriles is 2. The lowest BCUT2D eigenvalue weighted by atomic mass is 9.86. The molecule has 0 aliphatic rings. The number of Topliss-reactive ketones (excluding diaryl/α,β-unsaturated/α-hetero) is 1. The van der Waals surface area contributed by atoms with Crippen molar-refractivity contribution in [2.24, 2.45) is 5.92 Å². The fraction of sp³-hybridized carbons (Fsp3) is 0.235. The third kappa shape index (κ3) is 3.38. The van der Waals surface area contributed by atoms with E-state index in [0.29, 0.717) is 11.5 Å². The minimum Gasteiger partial charge on any atom is -0.465 e. The molecule has 0 saturated carbocycles. The van der Waals surface area contributed by atoms with Crippen LogP contribution in [0.2, 0.25) is 0 Å². The van der Waals surface area contributed by atoms with Gasteiger partial charge in [-0.25, -0.2) is 0 Å². The molecule has 21 heavy (non-hydrogen) atoms. The zero-order chi connectivity index (χ0) is 15.2. The number of ketones is 1. The molecule has 2 aromatic rings. The Morgan fingerprint density at radius 1 is 1.14 bits per heavy atom. The van der Waals surface area contributed by atoms with Gasteiger partial charge in [0.25, 0.3) is 0 Å². The number of nitrogens with zero attached hydrogens (tertiary/aromatic N) is 2. The van der Waals surface area contributed by atoms with Crippen molar-refractivity contribution >= 4 is 5.78 Å². The van der Waals surface area contributed by atoms with Crippen LogP contribution in [0.25, 0.3) is 0 Å². The number of carbonyl (C=O) groups excluding carboxylic acids is 1. The van der Waals surface area contributed by atoms with Gasteiger partial charge in [-0.05, 0) is 24.6 Å². The highest BCUT2D eigenvalue weighted by atomic mass is 16.3. The summed E-state index contributed by atoms with van der Waals surface area (Å²) in [5.74, 6) is -0.214. The van der Waals surface area contributed by atoms with Gasteiger partial charge in [0.1, 0.15) is 23.2 Å². The number of hydrogen-bond acceptors (Lipinski definition) is 4. The molecule has 2 rings (SSSR count). The summed E-state index contributed by atoms with van der Waals surface area (Å²) in [6.45, 7) is 1.49. The highest BCUT2D eigenvalue weighted by molar-refractivity contribution is 5.77. The van der Waals surface area contributed by atoms with Crippen molar-refractivity contribution in [3.05, 3.63) is 59.5 Å². The zero-order valence-corrected chi connectivity index (χ0v) is 11.6. The van der Waals surface area contributed by atoms with Crippen LogP contribution in [-0.4, -0.2) is 5.78 Å². The van der Waals surface area contributed by atoms with Crippen molar-refractivity contribution in [3.8, 4) is 12.1 Å². The summed E-state index contributed by atoms with van der Waals surface area (Å²) in [4.78, 5) is 11.1. The molecule has 1 heterocycles. The third-order valence-corrected chi connectivity index (χ3v) is 3.18. The Bertz CT molecular complexity index is 690. The van der Waals surface area contributed by atoms with Crippen molar-refractivity contribution in [3.63, 3.8) is 0 Å². The van der Waals surface area contributed by atoms with E-state index < -0.39 is 11.8 Å². The van der Waals surface area contributed by atoms with E-state index in [1.807, 2.05) is 42.5 Å². The first-order chi connectivity index (χ1) is 10.2. The predicted molar refractivity (Wildman–Crippen MR) is 76.1 cm³/mol. The number of furan rings is 1. The van der Waals surface area contributed by atoms with E-state index in [4.69, 9.17) is 4.42 Å². The normalized spacial score (nSPS) is 11.6. The van der Waals surface area contributed by atoms with Crippen LogP contribution in [0.4, 0.5) is 0 Å². The standard InChI is InChI=1S/C17H14N2O2/c1-12(20)9-15-7-8-16(21-15)17(14(10-18)11-19)13-5-3-2-4-6-13/h2-8,14,17H,9H2,1H3/t17-/m1/s1. The molecular weight excluding hydrogens is 264 g/mol. The van der Waals surface area contributed by atoms with Crippen LogP contribution in [0.15, 0.2) is 46.9 Å². The number of benzene rings is 1. The number of carbonyl (C=O) groups is 1. The number of hydrogen-bond donors (Lipinski definition) is 0. The van der Waals surface area contributed by atoms with Gasteiger partial charge in [-0.2, -0.15) is 10.5 Å². The van der Waals surface area contributed by atoms with E-state index in [1.54, 1.807) is 12.1 Å². The van der Waals surface area contributed by atoms with Crippen LogP contribution in [0.3, 0.4) is 0 Å². The first-order valence-electron chi connectivity index (χ1n) is 6.58. The Balaban J connectivity index is 2.41. The van der Waals surface area contributed by atoms with Crippen molar-refractivity contribution in [1.82, 2.24) is 0 Å². The van der Waals surface area contributed by atoms with Crippen LogP contribution in [0.1, 0.15) is 29.9 Å². The Morgan fingerprint density at radius 3 is 2.38 bits per heavy atom. The van der Waals surface area contributed by atoms with E-state index in [9.17, 15) is 15.3 Å². The second-order valence-corrected chi connectivity index (χ2v) is 4.81. The molecular formula is C17H14N2O2. The van der Waals surface area contributed by atoms with E-state index in [-0.39, 0.29) is 12.2 Å². The zero-order valence-electron chi connectivity index (χ0n) is 11.6. The molecule has 0 amide bonds. The lowest BCUT2D eigenvalue weighted by Gasteiger charge is -2.15. The summed E-state index contributed by atoms with van der Waals surface area (Å²) in [7, 11) is 0. The second kappa shape index (κ2) is 6.54. The smallest absolute Gasteiger partial charge is 0.147 e. The van der Waals surface area contributed by atoms with Crippen LogP contribution < -0.4 is 0 Å². The van der Waals surface area contributed by atoms with Crippen LogP contribution >= 0.6 is 0 Å². The molecule has 0 radical (unpaired) electrons. The van der Waals surface area contributed by atoms with Crippen LogP contribution in [-0.2, 0) is 11.2 Å². The van der Waals surface area contributed by atoms with Gasteiger partial charge in [0, 0.05) is 0 Å². The predicted octanol–water partition coefficient (Wildman–Crippen LogP) is 3.21. The maximum absolute atomic E-state index is 11.1. The van der Waals surface area contributed by atoms with E-state index in [1.165, 1.54) is 6.92 Å². The maximum atomic E-state index is 11.1. The quantitative estimate of drug-likeness (QED) is 0.841. The summed E-state index contributed by atoms with van der Waals surface area (Å²) in [5, 5.41) is 18.4. The summed E-state index contributed by atoms with van der Waals surface area (Å²) in [5.41, 5.74) is 0.842. The minimum atomic E-state index is -0.844. The molecule has 1 aromatic carbocycles. The lowest BCUT2D eigenvalue weighted by Crippen LogP contribution is -2.10. The Morgan fingerprint density at radius 2 is 1.81 bits per heavy atom. The molecule has 0 saturated heterocycles. The largest absolute Gasteiger partial charge is 0.465 e. The topological polar surface area (TPSA) is 77.8 Å². The molecule has 1 atom stereocenters. The van der Waals surface area contributed by atoms with Crippen molar-refractivity contribution < 1.29 is 9.21 Å². The van der Waals surface area contributed by atoms with Gasteiger partial charge >= 0.3 is 0 Å². The molecule has 0 bridgehead atoms. The van der Waals surface area contributed by atoms with Gasteiger partial charge in [-0.15, -0.1) is 0 Å². The van der Waals surface area contributed by atoms with Gasteiger partial charge in [0.15, 0.2) is 0 Å². The van der Waals surface area contributed by atoms with Crippen molar-refractivity contribution in [2.75, 3.05) is 0 Å². The summed E-state index contributed by atoms with van der Waals surface area (Å²) >= 11 is 0. The van der Waals surface area contributed by atoms with E-state index >= 15 is 0 Å². The van der Waals surface area contributed by atoms with Crippen LogP contribution in [0.5, 0.6) is 0 Å². The molecule has 0 aliphatic carbocycles. The Labute approximate surface area is 123 Å². The molecule has 4 nitrogen and oxygen atoms in total. The van der Waals surface area contributed by atoms with Gasteiger partial charge < -0.3 is 4.42 Å². The second-order valence-electron chi connectivity index (χ2n) is 4.81. The molecule has 4 heteroatoms. The fourth-order valence-electron chi connectivity index (χ4n) is 2.26. The van der Waals surface area contributed by atoms with E-state index in [2.05, 4.69) is 0 Å². The molecule has 0 aliphatic heterocycles. The van der Waals surface area contributed by atoms with Gasteiger partial charge in [-0.1, -0.05) is 30.3 Å². The highest BCUT2D eigenvalue weighted by Gasteiger charge is 2.27. The highest BCUT2D eigenvalue weighted by Crippen LogP contribution is 2.32. The molecule has 0 fully saturated rings. The maximum Gasteiger partial charge on any atom is 0.147 e. The van der Waals surface area contributed by atoms with Crippen molar-refractivity contribution in [1.29, 1.82) is 10.5 Å². The summed E-state index contributed by atoms with van der Waals surface area (Å²) in [6, 6.07) is 16.8. The van der Waals surface area contributed by atoms with Crippen LogP contribution in [0, 0.1) is 28.6 Å². The molecule has 0 N–H and O–H groups in total. The minimum absolute atomic E-state index is 0.00396. The lowest BCUT2D eigenvalue weighted by molar-refractivity contribution is -0.116. The van der Waals surface area contributed by atoms with Gasteiger partial charge in [0.2, 0.25) is 0 Å². The Kier molecular flexibility index (Phi) is 4.53. The van der Waals surface area contributed by atoms with Gasteiger partial charge in [-0.3, -0.25) is 4.79 Å². The first-order valence-corrected chi connectivity index (χ1v) is 6.58. The molecule has 0 unspecified atom stereocenters. The average Bonchev–Trinajstić information content (AvgIpc) is 2.92. The summed E-state index contributed by atoms with van der Waals surface area (Å²) in [6.07, 6.45) is 0.214. The monoisotopic (exact) mass is 278 g/mol. The first kappa shape index (κ1) is 14.6. The average molecular weight is 278 g/mol. The van der Waals surface area contributed by atoms with Gasteiger partial charge in [0.05, 0.1) is 24.5 Å². The molecule has 104 valence electrons. The molecule has 1 aromatic heterocycles. The molecule has 0 spiro atoms. The number of rotatable bonds is 5. The SMILES string of the molecule is CC(=O)Cc1ccc([C@H](c2ccccc2)C(C#N)C#N)o1. The Hall–Kier alpha value is -2.85. The van der Waals surface area contributed by atoms with E-state index in [0.717, 1.165) is 5.56 Å². The summed E-state index contributed by atoms with van der Waals surface area (Å²) < 4.78 is 5.67.